The van der Waals surface area contributed by atoms with Gasteiger partial charge in [0.2, 0.25) is 0 Å². The number of unbranched alkanes of at least 4 members (excludes halogenated alkanes) is 1. The minimum absolute atomic E-state index is 0.259. The Labute approximate surface area is 172 Å². The molecule has 2 aromatic rings. The van der Waals surface area contributed by atoms with Gasteiger partial charge in [-0.1, -0.05) is 55.8 Å². The van der Waals surface area contributed by atoms with E-state index in [0.29, 0.717) is 37.4 Å². The largest absolute Gasteiger partial charge is 0.381 e. The Hall–Kier alpha value is -2.92. The maximum absolute atomic E-state index is 13.1. The average Bonchev–Trinajstić information content (AvgIpc) is 2.95. The molecule has 0 bridgehead atoms. The number of anilines is 1. The van der Waals surface area contributed by atoms with Crippen LogP contribution in [0.5, 0.6) is 0 Å². The van der Waals surface area contributed by atoms with Gasteiger partial charge in [0, 0.05) is 25.4 Å². The molecule has 5 heteroatoms. The number of hydrogen-bond acceptors (Lipinski definition) is 4. The van der Waals surface area contributed by atoms with E-state index in [4.69, 9.17) is 4.74 Å². The molecule has 0 spiro atoms. The fraction of sp³-hybridized carbons (Fsp3) is 0.333. The Morgan fingerprint density at radius 3 is 2.41 bits per heavy atom. The molecular formula is C24H28N2O3. The monoisotopic (exact) mass is 392 g/mol. The number of nitrogens with zero attached hydrogens (tertiary/aromatic N) is 1. The van der Waals surface area contributed by atoms with Crippen molar-refractivity contribution in [3.63, 3.8) is 0 Å². The van der Waals surface area contributed by atoms with E-state index < -0.39 is 0 Å². The van der Waals surface area contributed by atoms with Gasteiger partial charge in [0.05, 0.1) is 5.57 Å². The molecule has 5 nitrogen and oxygen atoms in total. The second kappa shape index (κ2) is 10.0. The van der Waals surface area contributed by atoms with E-state index in [9.17, 15) is 9.59 Å². The predicted molar refractivity (Wildman–Crippen MR) is 115 cm³/mol. The van der Waals surface area contributed by atoms with E-state index in [1.165, 1.54) is 4.90 Å². The quantitative estimate of drug-likeness (QED) is 0.481. The van der Waals surface area contributed by atoms with Crippen molar-refractivity contribution in [1.82, 2.24) is 4.90 Å². The van der Waals surface area contributed by atoms with E-state index in [2.05, 4.69) is 12.2 Å². The topological polar surface area (TPSA) is 58.6 Å². The lowest BCUT2D eigenvalue weighted by Crippen LogP contribution is -2.34. The van der Waals surface area contributed by atoms with Gasteiger partial charge >= 0.3 is 0 Å². The van der Waals surface area contributed by atoms with Crippen LogP contribution in [0.15, 0.2) is 60.3 Å². The zero-order valence-corrected chi connectivity index (χ0v) is 17.1. The van der Waals surface area contributed by atoms with Gasteiger partial charge in [0.1, 0.15) is 5.70 Å². The second-order valence-corrected chi connectivity index (χ2v) is 7.19. The SMILES string of the molecule is CCCCOCCCN1C(=O)C(Nc2cccc(C)c2)=C(c2ccccc2)C1=O. The van der Waals surface area contributed by atoms with E-state index in [-0.39, 0.29) is 11.8 Å². The summed E-state index contributed by atoms with van der Waals surface area (Å²) >= 11 is 0. The van der Waals surface area contributed by atoms with Crippen LogP contribution in [-0.4, -0.2) is 36.5 Å². The fourth-order valence-corrected chi connectivity index (χ4v) is 3.31. The van der Waals surface area contributed by atoms with Crippen molar-refractivity contribution in [3.8, 4) is 0 Å². The molecule has 0 saturated carbocycles. The summed E-state index contributed by atoms with van der Waals surface area (Å²) in [6, 6.07) is 17.1. The molecule has 0 atom stereocenters. The molecule has 1 heterocycles. The van der Waals surface area contributed by atoms with Crippen molar-refractivity contribution in [1.29, 1.82) is 0 Å². The maximum Gasteiger partial charge on any atom is 0.278 e. The summed E-state index contributed by atoms with van der Waals surface area (Å²) in [6.07, 6.45) is 2.73. The lowest BCUT2D eigenvalue weighted by Gasteiger charge is -2.15. The molecule has 152 valence electrons. The second-order valence-electron chi connectivity index (χ2n) is 7.19. The van der Waals surface area contributed by atoms with Crippen molar-refractivity contribution in [2.24, 2.45) is 0 Å². The van der Waals surface area contributed by atoms with E-state index in [1.807, 2.05) is 61.5 Å². The van der Waals surface area contributed by atoms with Crippen molar-refractivity contribution in [2.45, 2.75) is 33.1 Å². The standard InChI is InChI=1S/C24H28N2O3/c1-3-4-15-29-16-9-14-26-23(27)21(19-11-6-5-7-12-19)22(24(26)28)25-20-13-8-10-18(2)17-20/h5-8,10-13,17,25H,3-4,9,14-16H2,1-2H3. The number of carbonyl (C=O) groups excluding carboxylic acids is 2. The van der Waals surface area contributed by atoms with Crippen molar-refractivity contribution in [2.75, 3.05) is 25.1 Å². The highest BCUT2D eigenvalue weighted by Crippen LogP contribution is 2.30. The van der Waals surface area contributed by atoms with Gasteiger partial charge in [-0.05, 0) is 43.0 Å². The van der Waals surface area contributed by atoms with E-state index in [1.54, 1.807) is 0 Å². The number of ether oxygens (including phenoxy) is 1. The minimum Gasteiger partial charge on any atom is -0.381 e. The van der Waals surface area contributed by atoms with Crippen LogP contribution in [0.1, 0.15) is 37.3 Å². The van der Waals surface area contributed by atoms with Gasteiger partial charge < -0.3 is 10.1 Å². The number of aryl methyl sites for hydroxylation is 1. The van der Waals surface area contributed by atoms with E-state index in [0.717, 1.165) is 29.7 Å². The molecular weight excluding hydrogens is 364 g/mol. The van der Waals surface area contributed by atoms with Crippen LogP contribution in [0.4, 0.5) is 5.69 Å². The molecule has 1 N–H and O–H groups in total. The fourth-order valence-electron chi connectivity index (χ4n) is 3.31. The van der Waals surface area contributed by atoms with Gasteiger partial charge in [-0.25, -0.2) is 0 Å². The first kappa shape index (κ1) is 20.8. The van der Waals surface area contributed by atoms with Crippen LogP contribution in [-0.2, 0) is 14.3 Å². The van der Waals surface area contributed by atoms with Crippen molar-refractivity contribution in [3.05, 3.63) is 71.4 Å². The normalized spacial score (nSPS) is 14.1. The first-order valence-electron chi connectivity index (χ1n) is 10.2. The number of benzene rings is 2. The number of nitrogens with one attached hydrogen (secondary N) is 1. The zero-order chi connectivity index (χ0) is 20.6. The highest BCUT2D eigenvalue weighted by molar-refractivity contribution is 6.36. The van der Waals surface area contributed by atoms with Crippen LogP contribution < -0.4 is 5.32 Å². The first-order valence-corrected chi connectivity index (χ1v) is 10.2. The zero-order valence-electron chi connectivity index (χ0n) is 17.1. The Balaban J connectivity index is 1.80. The molecule has 29 heavy (non-hydrogen) atoms. The molecule has 0 saturated heterocycles. The summed E-state index contributed by atoms with van der Waals surface area (Å²) in [4.78, 5) is 27.5. The summed E-state index contributed by atoms with van der Waals surface area (Å²) in [5, 5.41) is 3.20. The Kier molecular flexibility index (Phi) is 7.19. The van der Waals surface area contributed by atoms with Crippen LogP contribution in [0.2, 0.25) is 0 Å². The summed E-state index contributed by atoms with van der Waals surface area (Å²) in [7, 11) is 0. The van der Waals surface area contributed by atoms with Crippen molar-refractivity contribution < 1.29 is 14.3 Å². The van der Waals surface area contributed by atoms with Crippen LogP contribution in [0.25, 0.3) is 5.57 Å². The lowest BCUT2D eigenvalue weighted by molar-refractivity contribution is -0.137. The summed E-state index contributed by atoms with van der Waals surface area (Å²) in [5.74, 6) is -0.547. The number of carbonyl (C=O) groups is 2. The van der Waals surface area contributed by atoms with Crippen LogP contribution >= 0.6 is 0 Å². The Morgan fingerprint density at radius 2 is 1.69 bits per heavy atom. The summed E-state index contributed by atoms with van der Waals surface area (Å²) < 4.78 is 5.57. The van der Waals surface area contributed by atoms with Gasteiger partial charge in [-0.15, -0.1) is 0 Å². The molecule has 1 aliphatic heterocycles. The summed E-state index contributed by atoms with van der Waals surface area (Å²) in [6.45, 7) is 5.71. The Morgan fingerprint density at radius 1 is 0.931 bits per heavy atom. The number of hydrogen-bond donors (Lipinski definition) is 1. The first-order chi connectivity index (χ1) is 14.1. The highest BCUT2D eigenvalue weighted by Gasteiger charge is 2.38. The molecule has 0 aromatic heterocycles. The van der Waals surface area contributed by atoms with Gasteiger partial charge in [-0.3, -0.25) is 14.5 Å². The summed E-state index contributed by atoms with van der Waals surface area (Å²) in [5.41, 5.74) is 3.36. The van der Waals surface area contributed by atoms with Gasteiger partial charge in [0.15, 0.2) is 0 Å². The third-order valence-electron chi connectivity index (χ3n) is 4.83. The Bertz CT molecular complexity index is 890. The molecule has 1 aliphatic rings. The average molecular weight is 392 g/mol. The third-order valence-corrected chi connectivity index (χ3v) is 4.83. The van der Waals surface area contributed by atoms with Crippen LogP contribution in [0.3, 0.4) is 0 Å². The lowest BCUT2D eigenvalue weighted by atomic mass is 10.0. The van der Waals surface area contributed by atoms with Crippen molar-refractivity contribution >= 4 is 23.1 Å². The number of amides is 2. The molecule has 0 radical (unpaired) electrons. The molecule has 0 aliphatic carbocycles. The third kappa shape index (κ3) is 5.12. The highest BCUT2D eigenvalue weighted by atomic mass is 16.5. The molecule has 2 amide bonds. The van der Waals surface area contributed by atoms with Gasteiger partial charge in [-0.2, -0.15) is 0 Å². The van der Waals surface area contributed by atoms with E-state index >= 15 is 0 Å². The predicted octanol–water partition coefficient (Wildman–Crippen LogP) is 4.39. The van der Waals surface area contributed by atoms with Crippen LogP contribution in [0, 0.1) is 6.92 Å². The maximum atomic E-state index is 13.1. The number of rotatable bonds is 10. The van der Waals surface area contributed by atoms with Gasteiger partial charge in [0.25, 0.3) is 11.8 Å². The smallest absolute Gasteiger partial charge is 0.278 e. The minimum atomic E-state index is -0.288. The molecule has 0 unspecified atom stereocenters. The number of imide groups is 1. The molecule has 0 fully saturated rings. The molecule has 3 rings (SSSR count). The molecule has 2 aromatic carbocycles.